The molecule has 9 heteroatoms. The van der Waals surface area contributed by atoms with Crippen LogP contribution in [0, 0.1) is 10.1 Å². The molecule has 2 aromatic rings. The minimum atomic E-state index is -0.471. The van der Waals surface area contributed by atoms with Gasteiger partial charge in [-0.25, -0.2) is 0 Å². The van der Waals surface area contributed by atoms with Gasteiger partial charge in [-0.2, -0.15) is 0 Å². The summed E-state index contributed by atoms with van der Waals surface area (Å²) in [5.41, 5.74) is 1.12. The molecule has 1 N–H and O–H groups in total. The second-order valence-electron chi connectivity index (χ2n) is 7.43. The van der Waals surface area contributed by atoms with Crippen molar-refractivity contribution < 1.29 is 24.0 Å². The Labute approximate surface area is 186 Å². The molecule has 3 rings (SSSR count). The summed E-state index contributed by atoms with van der Waals surface area (Å²) in [6.45, 7) is 3.87. The molecule has 0 saturated carbocycles. The Balaban J connectivity index is 1.60. The first-order valence-electron chi connectivity index (χ1n) is 10.7. The lowest BCUT2D eigenvalue weighted by Crippen LogP contribution is -2.38. The number of ether oxygens (including phenoxy) is 2. The summed E-state index contributed by atoms with van der Waals surface area (Å²) in [6, 6.07) is 10.8. The monoisotopic (exact) mass is 441 g/mol. The molecule has 1 fully saturated rings. The van der Waals surface area contributed by atoms with Crippen LogP contribution < -0.4 is 14.8 Å². The molecule has 1 saturated heterocycles. The average molecular weight is 441 g/mol. The Bertz CT molecular complexity index is 955. The van der Waals surface area contributed by atoms with E-state index in [1.165, 1.54) is 12.1 Å². The largest absolute Gasteiger partial charge is 0.490 e. The van der Waals surface area contributed by atoms with Gasteiger partial charge >= 0.3 is 0 Å². The number of carbonyl (C=O) groups is 2. The van der Waals surface area contributed by atoms with Crippen molar-refractivity contribution in [3.63, 3.8) is 0 Å². The van der Waals surface area contributed by atoms with Crippen molar-refractivity contribution in [3.8, 4) is 11.5 Å². The Morgan fingerprint density at radius 1 is 1.03 bits per heavy atom. The zero-order valence-corrected chi connectivity index (χ0v) is 18.0. The van der Waals surface area contributed by atoms with Gasteiger partial charge in [0.1, 0.15) is 0 Å². The number of nitrogens with one attached hydrogen (secondary N) is 1. The van der Waals surface area contributed by atoms with E-state index in [0.717, 1.165) is 37.9 Å². The molecule has 2 amide bonds. The number of nitrogens with zero attached hydrogens (tertiary/aromatic N) is 2. The second-order valence-corrected chi connectivity index (χ2v) is 7.43. The maximum atomic E-state index is 12.6. The molecule has 0 spiro atoms. The van der Waals surface area contributed by atoms with Crippen molar-refractivity contribution in [2.24, 2.45) is 0 Å². The molecule has 0 aliphatic carbocycles. The van der Waals surface area contributed by atoms with Gasteiger partial charge in [0, 0.05) is 37.3 Å². The van der Waals surface area contributed by atoms with Crippen LogP contribution in [0.15, 0.2) is 42.5 Å². The van der Waals surface area contributed by atoms with Crippen molar-refractivity contribution in [2.45, 2.75) is 32.7 Å². The predicted octanol–water partition coefficient (Wildman–Crippen LogP) is 3.31. The third kappa shape index (κ3) is 6.19. The van der Waals surface area contributed by atoms with Crippen LogP contribution in [-0.4, -0.2) is 47.9 Å². The Morgan fingerprint density at radius 2 is 1.75 bits per heavy atom. The number of nitro benzene ring substituents is 1. The molecule has 1 aliphatic heterocycles. The lowest BCUT2D eigenvalue weighted by atomic mass is 10.1. The molecule has 0 aromatic heterocycles. The zero-order chi connectivity index (χ0) is 22.9. The van der Waals surface area contributed by atoms with Gasteiger partial charge in [0.2, 0.25) is 0 Å². The van der Waals surface area contributed by atoms with Crippen LogP contribution in [0.4, 0.5) is 5.69 Å². The van der Waals surface area contributed by atoms with Crippen LogP contribution in [-0.2, 0) is 11.3 Å². The highest BCUT2D eigenvalue weighted by Crippen LogP contribution is 2.29. The third-order valence-electron chi connectivity index (χ3n) is 5.17. The highest BCUT2D eigenvalue weighted by atomic mass is 16.6. The van der Waals surface area contributed by atoms with Crippen molar-refractivity contribution in [1.82, 2.24) is 10.2 Å². The van der Waals surface area contributed by atoms with Crippen LogP contribution in [0.5, 0.6) is 11.5 Å². The number of hydrogen-bond acceptors (Lipinski definition) is 6. The summed E-state index contributed by atoms with van der Waals surface area (Å²) in [4.78, 5) is 37.0. The first-order chi connectivity index (χ1) is 15.5. The molecular weight excluding hydrogens is 414 g/mol. The number of non-ortho nitro benzene ring substituents is 1. The zero-order valence-electron chi connectivity index (χ0n) is 18.0. The highest BCUT2D eigenvalue weighted by molar-refractivity contribution is 5.94. The molecule has 9 nitrogen and oxygen atoms in total. The lowest BCUT2D eigenvalue weighted by Gasteiger charge is -2.26. The Morgan fingerprint density at radius 3 is 2.41 bits per heavy atom. The SMILES string of the molecule is CCOc1cc(C(=O)NCc2ccc([N+](=O)[O-])cc2)ccc1OCC(=O)N1CCCCC1. The second kappa shape index (κ2) is 11.1. The molecule has 0 atom stereocenters. The number of benzene rings is 2. The summed E-state index contributed by atoms with van der Waals surface area (Å²) >= 11 is 0. The van der Waals surface area contributed by atoms with Crippen molar-refractivity contribution in [2.75, 3.05) is 26.3 Å². The summed E-state index contributed by atoms with van der Waals surface area (Å²) in [5.74, 6) is 0.420. The molecule has 32 heavy (non-hydrogen) atoms. The van der Waals surface area contributed by atoms with Gasteiger partial charge in [-0.15, -0.1) is 0 Å². The van der Waals surface area contributed by atoms with Gasteiger partial charge < -0.3 is 19.7 Å². The first kappa shape index (κ1) is 23.1. The van der Waals surface area contributed by atoms with E-state index in [1.54, 1.807) is 30.3 Å². The predicted molar refractivity (Wildman–Crippen MR) is 118 cm³/mol. The van der Waals surface area contributed by atoms with E-state index >= 15 is 0 Å². The number of rotatable bonds is 9. The molecule has 0 radical (unpaired) electrons. The third-order valence-corrected chi connectivity index (χ3v) is 5.17. The van der Waals surface area contributed by atoms with E-state index in [-0.39, 0.29) is 30.7 Å². The van der Waals surface area contributed by atoms with Gasteiger partial charge in [0.25, 0.3) is 17.5 Å². The number of piperidine rings is 1. The maximum Gasteiger partial charge on any atom is 0.269 e. The van der Waals surface area contributed by atoms with Crippen LogP contribution >= 0.6 is 0 Å². The smallest absolute Gasteiger partial charge is 0.269 e. The number of carbonyl (C=O) groups excluding carboxylic acids is 2. The molecule has 0 unspecified atom stereocenters. The molecule has 170 valence electrons. The first-order valence-corrected chi connectivity index (χ1v) is 10.7. The van der Waals surface area contributed by atoms with E-state index in [9.17, 15) is 19.7 Å². The van der Waals surface area contributed by atoms with E-state index in [1.807, 2.05) is 11.8 Å². The van der Waals surface area contributed by atoms with E-state index in [0.29, 0.717) is 23.7 Å². The van der Waals surface area contributed by atoms with Gasteiger partial charge in [-0.05, 0) is 49.9 Å². The quantitative estimate of drug-likeness (QED) is 0.472. The summed E-state index contributed by atoms with van der Waals surface area (Å²) in [7, 11) is 0. The fourth-order valence-corrected chi connectivity index (χ4v) is 3.43. The summed E-state index contributed by atoms with van der Waals surface area (Å²) in [6.07, 6.45) is 3.17. The van der Waals surface area contributed by atoms with E-state index < -0.39 is 4.92 Å². The topological polar surface area (TPSA) is 111 Å². The van der Waals surface area contributed by atoms with Crippen LogP contribution in [0.25, 0.3) is 0 Å². The molecule has 0 bridgehead atoms. The Kier molecular flexibility index (Phi) is 8.02. The fourth-order valence-electron chi connectivity index (χ4n) is 3.43. The van der Waals surface area contributed by atoms with Crippen molar-refractivity contribution >= 4 is 17.5 Å². The fraction of sp³-hybridized carbons (Fsp3) is 0.391. The molecular formula is C23H27N3O6. The lowest BCUT2D eigenvalue weighted by molar-refractivity contribution is -0.384. The van der Waals surface area contributed by atoms with Gasteiger partial charge in [-0.3, -0.25) is 19.7 Å². The Hall–Kier alpha value is -3.62. The van der Waals surface area contributed by atoms with Crippen molar-refractivity contribution in [3.05, 3.63) is 63.7 Å². The minimum Gasteiger partial charge on any atom is -0.490 e. The molecule has 2 aromatic carbocycles. The number of likely N-dealkylation sites (tertiary alicyclic amines) is 1. The molecule has 1 aliphatic rings. The van der Waals surface area contributed by atoms with Gasteiger partial charge in [-0.1, -0.05) is 12.1 Å². The summed E-state index contributed by atoms with van der Waals surface area (Å²) < 4.78 is 11.3. The van der Waals surface area contributed by atoms with Gasteiger partial charge in [0.15, 0.2) is 18.1 Å². The van der Waals surface area contributed by atoms with Crippen molar-refractivity contribution in [1.29, 1.82) is 0 Å². The van der Waals surface area contributed by atoms with Crippen LogP contribution in [0.2, 0.25) is 0 Å². The minimum absolute atomic E-state index is 0.00390. The summed E-state index contributed by atoms with van der Waals surface area (Å²) in [5, 5.41) is 13.5. The number of hydrogen-bond donors (Lipinski definition) is 1. The van der Waals surface area contributed by atoms with E-state index in [2.05, 4.69) is 5.32 Å². The maximum absolute atomic E-state index is 12.6. The highest BCUT2D eigenvalue weighted by Gasteiger charge is 2.18. The number of amides is 2. The van der Waals surface area contributed by atoms with E-state index in [4.69, 9.17) is 9.47 Å². The van der Waals surface area contributed by atoms with Crippen LogP contribution in [0.3, 0.4) is 0 Å². The number of nitro groups is 1. The normalized spacial score (nSPS) is 13.3. The average Bonchev–Trinajstić information content (AvgIpc) is 2.82. The molecule has 1 heterocycles. The van der Waals surface area contributed by atoms with Crippen LogP contribution in [0.1, 0.15) is 42.1 Å². The van der Waals surface area contributed by atoms with Gasteiger partial charge in [0.05, 0.1) is 11.5 Å². The standard InChI is InChI=1S/C23H27N3O6/c1-2-31-21-14-18(23(28)24-15-17-6-9-19(10-7-17)26(29)30)8-11-20(21)32-16-22(27)25-12-4-3-5-13-25/h6-11,14H,2-5,12-13,15-16H2,1H3,(H,24,28).